The quantitative estimate of drug-likeness (QED) is 0.900. The normalized spacial score (nSPS) is 12.3. The smallest absolute Gasteiger partial charge is 0.257 e. The van der Waals surface area contributed by atoms with Gasteiger partial charge in [-0.3, -0.25) is 4.79 Å². The second kappa shape index (κ2) is 6.61. The summed E-state index contributed by atoms with van der Waals surface area (Å²) in [5, 5.41) is 12.1. The van der Waals surface area contributed by atoms with Crippen LogP contribution in [0, 0.1) is 5.92 Å². The molecule has 1 amide bonds. The number of amides is 1. The van der Waals surface area contributed by atoms with Gasteiger partial charge in [-0.25, -0.2) is 0 Å². The Balaban J connectivity index is 2.36. The lowest BCUT2D eigenvalue weighted by molar-refractivity contribution is 0.0738. The van der Waals surface area contributed by atoms with Gasteiger partial charge in [-0.15, -0.1) is 0 Å². The fourth-order valence-corrected chi connectivity index (χ4v) is 2.46. The highest BCUT2D eigenvalue weighted by Crippen LogP contribution is 2.29. The molecule has 0 spiro atoms. The number of phenols is 1. The Bertz CT molecular complexity index is 636. The average Bonchev–Trinajstić information content (AvgIpc) is 2.52. The van der Waals surface area contributed by atoms with E-state index in [9.17, 15) is 9.90 Å². The SMILES string of the molecule is CCC(C)CN(CC)C(=O)c1ccc2ccccc2c1O. The maximum absolute atomic E-state index is 12.7. The summed E-state index contributed by atoms with van der Waals surface area (Å²) in [4.78, 5) is 14.5. The van der Waals surface area contributed by atoms with Gasteiger partial charge in [-0.2, -0.15) is 0 Å². The van der Waals surface area contributed by atoms with Crippen molar-refractivity contribution in [1.29, 1.82) is 0 Å². The van der Waals surface area contributed by atoms with Gasteiger partial charge >= 0.3 is 0 Å². The fraction of sp³-hybridized carbons (Fsp3) is 0.389. The Morgan fingerprint density at radius 2 is 1.90 bits per heavy atom. The second-order valence-electron chi connectivity index (χ2n) is 5.54. The summed E-state index contributed by atoms with van der Waals surface area (Å²) in [6, 6.07) is 11.2. The van der Waals surface area contributed by atoms with Crippen LogP contribution in [0.15, 0.2) is 36.4 Å². The maximum atomic E-state index is 12.7. The number of phenolic OH excluding ortho intramolecular Hbond substituents is 1. The van der Waals surface area contributed by atoms with E-state index in [1.165, 1.54) is 0 Å². The molecule has 112 valence electrons. The minimum absolute atomic E-state index is 0.0840. The van der Waals surface area contributed by atoms with Gasteiger partial charge in [0.05, 0.1) is 5.56 Å². The first-order valence-electron chi connectivity index (χ1n) is 7.58. The monoisotopic (exact) mass is 285 g/mol. The van der Waals surface area contributed by atoms with Crippen LogP contribution in [0.25, 0.3) is 10.8 Å². The molecule has 1 unspecified atom stereocenters. The zero-order valence-electron chi connectivity index (χ0n) is 13.0. The maximum Gasteiger partial charge on any atom is 0.257 e. The van der Waals surface area contributed by atoms with Crippen molar-refractivity contribution in [3.8, 4) is 5.75 Å². The molecule has 0 aliphatic carbocycles. The first-order valence-corrected chi connectivity index (χ1v) is 7.58. The molecule has 0 bridgehead atoms. The second-order valence-corrected chi connectivity index (χ2v) is 5.54. The van der Waals surface area contributed by atoms with Gasteiger partial charge in [0.1, 0.15) is 5.75 Å². The summed E-state index contributed by atoms with van der Waals surface area (Å²) in [5.74, 6) is 0.443. The van der Waals surface area contributed by atoms with Crippen molar-refractivity contribution in [2.75, 3.05) is 13.1 Å². The summed E-state index contributed by atoms with van der Waals surface area (Å²) in [5.41, 5.74) is 0.388. The summed E-state index contributed by atoms with van der Waals surface area (Å²) < 4.78 is 0. The minimum atomic E-state index is -0.0962. The van der Waals surface area contributed by atoms with Crippen molar-refractivity contribution in [3.05, 3.63) is 42.0 Å². The molecular weight excluding hydrogens is 262 g/mol. The van der Waals surface area contributed by atoms with E-state index in [2.05, 4.69) is 13.8 Å². The van der Waals surface area contributed by atoms with E-state index in [1.807, 2.05) is 37.3 Å². The van der Waals surface area contributed by atoms with Crippen LogP contribution >= 0.6 is 0 Å². The molecule has 0 aliphatic rings. The van der Waals surface area contributed by atoms with Crippen molar-refractivity contribution in [3.63, 3.8) is 0 Å². The van der Waals surface area contributed by atoms with Gasteiger partial charge in [-0.05, 0) is 24.3 Å². The van der Waals surface area contributed by atoms with Crippen LogP contribution in [-0.4, -0.2) is 29.0 Å². The predicted molar refractivity (Wildman–Crippen MR) is 86.6 cm³/mol. The highest BCUT2D eigenvalue weighted by Gasteiger charge is 2.20. The van der Waals surface area contributed by atoms with Crippen LogP contribution in [0.4, 0.5) is 0 Å². The largest absolute Gasteiger partial charge is 0.506 e. The Morgan fingerprint density at radius 3 is 2.57 bits per heavy atom. The molecule has 0 heterocycles. The summed E-state index contributed by atoms with van der Waals surface area (Å²) in [6.07, 6.45) is 1.04. The van der Waals surface area contributed by atoms with E-state index in [0.29, 0.717) is 18.0 Å². The molecule has 2 aromatic carbocycles. The topological polar surface area (TPSA) is 40.5 Å². The molecule has 0 fully saturated rings. The molecule has 0 saturated heterocycles. The third-order valence-corrected chi connectivity index (χ3v) is 4.03. The molecule has 1 N–H and O–H groups in total. The molecule has 1 atom stereocenters. The number of fused-ring (bicyclic) bond motifs is 1. The van der Waals surface area contributed by atoms with E-state index in [1.54, 1.807) is 11.0 Å². The van der Waals surface area contributed by atoms with Gasteiger partial charge in [-0.1, -0.05) is 50.6 Å². The lowest BCUT2D eigenvalue weighted by atomic mass is 10.0. The zero-order chi connectivity index (χ0) is 15.4. The standard InChI is InChI=1S/C18H23NO2/c1-4-13(3)12-19(5-2)18(21)16-11-10-14-8-6-7-9-15(14)17(16)20/h6-11,13,20H,4-5,12H2,1-3H3. The van der Waals surface area contributed by atoms with E-state index in [4.69, 9.17) is 0 Å². The number of carbonyl (C=O) groups is 1. The molecular formula is C18H23NO2. The highest BCUT2D eigenvalue weighted by atomic mass is 16.3. The fourth-order valence-electron chi connectivity index (χ4n) is 2.46. The number of carbonyl (C=O) groups excluding carboxylic acids is 1. The predicted octanol–water partition coefficient (Wildman–Crippen LogP) is 4.05. The number of hydrogen-bond donors (Lipinski definition) is 1. The van der Waals surface area contributed by atoms with Crippen LogP contribution in [0.5, 0.6) is 5.75 Å². The van der Waals surface area contributed by atoms with Gasteiger partial charge in [0.15, 0.2) is 0 Å². The molecule has 0 radical (unpaired) electrons. The van der Waals surface area contributed by atoms with Crippen molar-refractivity contribution >= 4 is 16.7 Å². The third-order valence-electron chi connectivity index (χ3n) is 4.03. The van der Waals surface area contributed by atoms with Crippen LogP contribution in [0.1, 0.15) is 37.6 Å². The summed E-state index contributed by atoms with van der Waals surface area (Å²) >= 11 is 0. The summed E-state index contributed by atoms with van der Waals surface area (Å²) in [7, 11) is 0. The number of aromatic hydroxyl groups is 1. The van der Waals surface area contributed by atoms with Crippen molar-refractivity contribution in [1.82, 2.24) is 4.90 Å². The molecule has 0 saturated carbocycles. The molecule has 3 nitrogen and oxygen atoms in total. The van der Waals surface area contributed by atoms with E-state index < -0.39 is 0 Å². The van der Waals surface area contributed by atoms with E-state index >= 15 is 0 Å². The van der Waals surface area contributed by atoms with Crippen molar-refractivity contribution in [2.24, 2.45) is 5.92 Å². The van der Waals surface area contributed by atoms with Crippen molar-refractivity contribution < 1.29 is 9.90 Å². The number of rotatable bonds is 5. The van der Waals surface area contributed by atoms with Gasteiger partial charge in [0.25, 0.3) is 5.91 Å². The first kappa shape index (κ1) is 15.4. The number of benzene rings is 2. The van der Waals surface area contributed by atoms with Crippen LogP contribution in [0.2, 0.25) is 0 Å². The first-order chi connectivity index (χ1) is 10.1. The van der Waals surface area contributed by atoms with E-state index in [0.717, 1.165) is 23.7 Å². The lowest BCUT2D eigenvalue weighted by Crippen LogP contribution is -2.34. The summed E-state index contributed by atoms with van der Waals surface area (Å²) in [6.45, 7) is 7.60. The molecule has 21 heavy (non-hydrogen) atoms. The van der Waals surface area contributed by atoms with Crippen LogP contribution in [-0.2, 0) is 0 Å². The average molecular weight is 285 g/mol. The Labute approximate surface area is 126 Å². The molecule has 0 aromatic heterocycles. The highest BCUT2D eigenvalue weighted by molar-refractivity contribution is 6.03. The minimum Gasteiger partial charge on any atom is -0.506 e. The molecule has 3 heteroatoms. The Morgan fingerprint density at radius 1 is 1.19 bits per heavy atom. The van der Waals surface area contributed by atoms with Gasteiger partial charge in [0, 0.05) is 18.5 Å². The Hall–Kier alpha value is -2.03. The van der Waals surface area contributed by atoms with Gasteiger partial charge < -0.3 is 10.0 Å². The molecule has 0 aliphatic heterocycles. The molecule has 2 aromatic rings. The van der Waals surface area contributed by atoms with Crippen LogP contribution in [0.3, 0.4) is 0 Å². The van der Waals surface area contributed by atoms with E-state index in [-0.39, 0.29) is 11.7 Å². The molecule has 2 rings (SSSR count). The Kier molecular flexibility index (Phi) is 4.84. The third kappa shape index (κ3) is 3.18. The van der Waals surface area contributed by atoms with Crippen molar-refractivity contribution in [2.45, 2.75) is 27.2 Å². The number of hydrogen-bond acceptors (Lipinski definition) is 2. The number of nitrogens with zero attached hydrogens (tertiary/aromatic N) is 1. The zero-order valence-corrected chi connectivity index (χ0v) is 13.0. The van der Waals surface area contributed by atoms with Crippen LogP contribution < -0.4 is 0 Å². The van der Waals surface area contributed by atoms with Gasteiger partial charge in [0.2, 0.25) is 0 Å². The lowest BCUT2D eigenvalue weighted by Gasteiger charge is -2.24.